The quantitative estimate of drug-likeness (QED) is 0.607. The van der Waals surface area contributed by atoms with Crippen LogP contribution in [0, 0.1) is 21.8 Å². The van der Waals surface area contributed by atoms with E-state index in [1.165, 1.54) is 6.92 Å². The fourth-order valence-electron chi connectivity index (χ4n) is 1.16. The molecule has 17 heavy (non-hydrogen) atoms. The Labute approximate surface area is 96.2 Å². The van der Waals surface area contributed by atoms with Crippen molar-refractivity contribution in [3.8, 4) is 0 Å². The third-order valence-corrected chi connectivity index (χ3v) is 2.18. The SMILES string of the molecule is CC(CNc1cc(F)ccc1[N+](=O)[O-])C(=O)O. The second-order valence-corrected chi connectivity index (χ2v) is 3.54. The maximum Gasteiger partial charge on any atom is 0.308 e. The van der Waals surface area contributed by atoms with E-state index in [-0.39, 0.29) is 17.9 Å². The largest absolute Gasteiger partial charge is 0.481 e. The molecule has 0 heterocycles. The van der Waals surface area contributed by atoms with Crippen molar-refractivity contribution >= 4 is 17.3 Å². The van der Waals surface area contributed by atoms with Gasteiger partial charge in [-0.15, -0.1) is 0 Å². The molecule has 1 unspecified atom stereocenters. The summed E-state index contributed by atoms with van der Waals surface area (Å²) in [6, 6.07) is 2.97. The molecule has 1 rings (SSSR count). The summed E-state index contributed by atoms with van der Waals surface area (Å²) in [7, 11) is 0. The minimum atomic E-state index is -1.03. The van der Waals surface area contributed by atoms with Gasteiger partial charge in [0.15, 0.2) is 0 Å². The van der Waals surface area contributed by atoms with Crippen LogP contribution in [0.15, 0.2) is 18.2 Å². The highest BCUT2D eigenvalue weighted by Crippen LogP contribution is 2.24. The molecule has 1 atom stereocenters. The van der Waals surface area contributed by atoms with E-state index in [0.717, 1.165) is 18.2 Å². The second-order valence-electron chi connectivity index (χ2n) is 3.54. The van der Waals surface area contributed by atoms with Crippen molar-refractivity contribution in [2.45, 2.75) is 6.92 Å². The Morgan fingerprint density at radius 1 is 1.65 bits per heavy atom. The van der Waals surface area contributed by atoms with Crippen LogP contribution in [0.2, 0.25) is 0 Å². The van der Waals surface area contributed by atoms with Crippen molar-refractivity contribution in [1.82, 2.24) is 0 Å². The molecule has 0 saturated heterocycles. The van der Waals surface area contributed by atoms with Gasteiger partial charge >= 0.3 is 5.97 Å². The smallest absolute Gasteiger partial charge is 0.308 e. The Bertz CT molecular complexity index is 450. The number of nitrogens with one attached hydrogen (secondary N) is 1. The summed E-state index contributed by atoms with van der Waals surface area (Å²) in [4.78, 5) is 20.5. The molecule has 0 aliphatic carbocycles. The second kappa shape index (κ2) is 5.24. The molecule has 0 spiro atoms. The minimum absolute atomic E-state index is 0.0143. The van der Waals surface area contributed by atoms with Crippen LogP contribution < -0.4 is 5.32 Å². The number of anilines is 1. The summed E-state index contributed by atoms with van der Waals surface area (Å²) in [6.07, 6.45) is 0. The number of carboxylic acid groups (broad SMARTS) is 1. The van der Waals surface area contributed by atoms with Gasteiger partial charge in [0.05, 0.1) is 10.8 Å². The predicted octanol–water partition coefficient (Wildman–Crippen LogP) is 1.87. The molecule has 0 aliphatic heterocycles. The van der Waals surface area contributed by atoms with E-state index in [9.17, 15) is 19.3 Å². The zero-order chi connectivity index (χ0) is 13.0. The zero-order valence-electron chi connectivity index (χ0n) is 9.01. The van der Waals surface area contributed by atoms with Crippen LogP contribution in [0.4, 0.5) is 15.8 Å². The average molecular weight is 242 g/mol. The van der Waals surface area contributed by atoms with Crippen LogP contribution in [0.3, 0.4) is 0 Å². The summed E-state index contributed by atoms with van der Waals surface area (Å²) in [5.74, 6) is -2.38. The van der Waals surface area contributed by atoms with Crippen molar-refractivity contribution < 1.29 is 19.2 Å². The number of carbonyl (C=O) groups is 1. The highest BCUT2D eigenvalue weighted by Gasteiger charge is 2.16. The molecule has 0 bridgehead atoms. The Hall–Kier alpha value is -2.18. The summed E-state index contributed by atoms with van der Waals surface area (Å²) < 4.78 is 12.9. The van der Waals surface area contributed by atoms with Crippen LogP contribution in [0.25, 0.3) is 0 Å². The summed E-state index contributed by atoms with van der Waals surface area (Å²) in [5, 5.41) is 21.8. The number of benzene rings is 1. The molecular weight excluding hydrogens is 231 g/mol. The molecule has 0 aliphatic rings. The molecule has 7 heteroatoms. The Balaban J connectivity index is 2.85. The molecule has 0 saturated carbocycles. The molecule has 6 nitrogen and oxygen atoms in total. The fourth-order valence-corrected chi connectivity index (χ4v) is 1.16. The standard InChI is InChI=1S/C10H11FN2O4/c1-6(10(14)15)5-12-8-4-7(11)2-3-9(8)13(16)17/h2-4,6,12H,5H2,1H3,(H,14,15). The molecule has 2 N–H and O–H groups in total. The van der Waals surface area contributed by atoms with Crippen molar-refractivity contribution in [2.24, 2.45) is 5.92 Å². The highest BCUT2D eigenvalue weighted by atomic mass is 19.1. The first kappa shape index (κ1) is 12.9. The zero-order valence-corrected chi connectivity index (χ0v) is 9.01. The highest BCUT2D eigenvalue weighted by molar-refractivity contribution is 5.71. The third-order valence-electron chi connectivity index (χ3n) is 2.18. The number of aliphatic carboxylic acids is 1. The van der Waals surface area contributed by atoms with Crippen molar-refractivity contribution in [3.05, 3.63) is 34.1 Å². The first-order valence-corrected chi connectivity index (χ1v) is 4.82. The fraction of sp³-hybridized carbons (Fsp3) is 0.300. The summed E-state index contributed by atoms with van der Waals surface area (Å²) >= 11 is 0. The third kappa shape index (κ3) is 3.40. The van der Waals surface area contributed by atoms with E-state index >= 15 is 0 Å². The minimum Gasteiger partial charge on any atom is -0.481 e. The Kier molecular flexibility index (Phi) is 3.97. The lowest BCUT2D eigenvalue weighted by molar-refractivity contribution is -0.384. The van der Waals surface area contributed by atoms with E-state index in [4.69, 9.17) is 5.11 Å². The molecule has 92 valence electrons. The van der Waals surface area contributed by atoms with Crippen LogP contribution in [-0.2, 0) is 4.79 Å². The molecule has 0 fully saturated rings. The lowest BCUT2D eigenvalue weighted by atomic mass is 10.2. The van der Waals surface area contributed by atoms with Gasteiger partial charge in [0.1, 0.15) is 11.5 Å². The van der Waals surface area contributed by atoms with Gasteiger partial charge in [-0.2, -0.15) is 0 Å². The number of hydrogen-bond acceptors (Lipinski definition) is 4. The lowest BCUT2D eigenvalue weighted by Gasteiger charge is -2.09. The molecule has 0 radical (unpaired) electrons. The van der Waals surface area contributed by atoms with Gasteiger partial charge in [-0.25, -0.2) is 4.39 Å². The average Bonchev–Trinajstić information content (AvgIpc) is 2.25. The van der Waals surface area contributed by atoms with Gasteiger partial charge in [-0.3, -0.25) is 14.9 Å². The molecular formula is C10H11FN2O4. The first-order valence-electron chi connectivity index (χ1n) is 4.82. The van der Waals surface area contributed by atoms with Gasteiger partial charge in [-0.05, 0) is 6.07 Å². The summed E-state index contributed by atoms with van der Waals surface area (Å²) in [6.45, 7) is 1.43. The topological polar surface area (TPSA) is 92.5 Å². The maximum absolute atomic E-state index is 12.9. The number of rotatable bonds is 5. The van der Waals surface area contributed by atoms with Crippen molar-refractivity contribution in [3.63, 3.8) is 0 Å². The van der Waals surface area contributed by atoms with Crippen LogP contribution >= 0.6 is 0 Å². The Morgan fingerprint density at radius 3 is 2.82 bits per heavy atom. The molecule has 1 aromatic rings. The monoisotopic (exact) mass is 242 g/mol. The van der Waals surface area contributed by atoms with Gasteiger partial charge in [-0.1, -0.05) is 6.92 Å². The number of halogens is 1. The predicted molar refractivity (Wildman–Crippen MR) is 58.3 cm³/mol. The first-order chi connectivity index (χ1) is 7.91. The molecule has 0 aromatic heterocycles. The van der Waals surface area contributed by atoms with E-state index in [2.05, 4.69) is 5.32 Å². The number of carboxylic acids is 1. The van der Waals surface area contributed by atoms with Gasteiger partial charge in [0, 0.05) is 18.7 Å². The maximum atomic E-state index is 12.9. The summed E-state index contributed by atoms with van der Waals surface area (Å²) in [5.41, 5.74) is -0.313. The number of nitro groups is 1. The number of hydrogen-bond donors (Lipinski definition) is 2. The molecule has 0 amide bonds. The normalized spacial score (nSPS) is 11.9. The lowest BCUT2D eigenvalue weighted by Crippen LogP contribution is -2.20. The number of nitro benzene ring substituents is 1. The van der Waals surface area contributed by atoms with Crippen LogP contribution in [0.1, 0.15) is 6.92 Å². The van der Waals surface area contributed by atoms with Gasteiger partial charge in [0.25, 0.3) is 5.69 Å². The van der Waals surface area contributed by atoms with Gasteiger partial charge in [0.2, 0.25) is 0 Å². The van der Waals surface area contributed by atoms with Gasteiger partial charge < -0.3 is 10.4 Å². The van der Waals surface area contributed by atoms with Crippen LogP contribution in [-0.4, -0.2) is 22.5 Å². The molecule has 1 aromatic carbocycles. The Morgan fingerprint density at radius 2 is 2.29 bits per heavy atom. The van der Waals surface area contributed by atoms with Crippen molar-refractivity contribution in [1.29, 1.82) is 0 Å². The van der Waals surface area contributed by atoms with E-state index < -0.39 is 22.6 Å². The van der Waals surface area contributed by atoms with Crippen LogP contribution in [0.5, 0.6) is 0 Å². The van der Waals surface area contributed by atoms with E-state index in [1.54, 1.807) is 0 Å². The van der Waals surface area contributed by atoms with E-state index in [0.29, 0.717) is 0 Å². The van der Waals surface area contributed by atoms with Crippen molar-refractivity contribution in [2.75, 3.05) is 11.9 Å². The number of nitrogens with zero attached hydrogens (tertiary/aromatic N) is 1. The van der Waals surface area contributed by atoms with E-state index in [1.807, 2.05) is 0 Å².